The van der Waals surface area contributed by atoms with E-state index in [1.165, 1.54) is 35.6 Å². The second-order valence-electron chi connectivity index (χ2n) is 9.35. The number of rotatable bonds is 4. The molecule has 1 aromatic carbocycles. The summed E-state index contributed by atoms with van der Waals surface area (Å²) in [5.74, 6) is -0.713. The molecule has 1 fully saturated rings. The molecule has 1 saturated carbocycles. The number of benzene rings is 1. The first kappa shape index (κ1) is 19.2. The highest BCUT2D eigenvalue weighted by molar-refractivity contribution is 5.80. The Kier molecular flexibility index (Phi) is 4.81. The molecule has 0 saturated heterocycles. The molecular formula is C23H32O3. The SMILES string of the molecule is COC1(/C=C/C(=O)O)CCCC1c1ccc2c(c1)C(C)(C)CCC2(C)C. The van der Waals surface area contributed by atoms with E-state index in [-0.39, 0.29) is 16.7 Å². The van der Waals surface area contributed by atoms with Crippen LogP contribution < -0.4 is 0 Å². The molecule has 3 rings (SSSR count). The molecule has 1 N–H and O–H groups in total. The third-order valence-corrected chi connectivity index (χ3v) is 6.82. The molecule has 0 radical (unpaired) electrons. The summed E-state index contributed by atoms with van der Waals surface area (Å²) in [4.78, 5) is 11.1. The summed E-state index contributed by atoms with van der Waals surface area (Å²) >= 11 is 0. The third-order valence-electron chi connectivity index (χ3n) is 6.82. The molecule has 2 atom stereocenters. The van der Waals surface area contributed by atoms with Crippen LogP contribution in [0, 0.1) is 0 Å². The van der Waals surface area contributed by atoms with Gasteiger partial charge in [0.2, 0.25) is 0 Å². The van der Waals surface area contributed by atoms with Gasteiger partial charge in [-0.3, -0.25) is 0 Å². The molecule has 0 amide bonds. The zero-order valence-electron chi connectivity index (χ0n) is 16.8. The molecule has 0 bridgehead atoms. The van der Waals surface area contributed by atoms with E-state index in [0.29, 0.717) is 0 Å². The maximum Gasteiger partial charge on any atom is 0.328 e. The van der Waals surface area contributed by atoms with Gasteiger partial charge in [-0.2, -0.15) is 0 Å². The van der Waals surface area contributed by atoms with Crippen LogP contribution in [0.25, 0.3) is 0 Å². The molecular weight excluding hydrogens is 324 g/mol. The summed E-state index contributed by atoms with van der Waals surface area (Å²) in [6, 6.07) is 6.94. The van der Waals surface area contributed by atoms with E-state index in [9.17, 15) is 4.79 Å². The Morgan fingerprint density at radius 2 is 1.77 bits per heavy atom. The Morgan fingerprint density at radius 3 is 2.38 bits per heavy atom. The molecule has 2 aliphatic rings. The van der Waals surface area contributed by atoms with E-state index in [0.717, 1.165) is 19.3 Å². The molecule has 0 aliphatic heterocycles. The molecule has 0 aromatic heterocycles. The number of hydrogen-bond acceptors (Lipinski definition) is 2. The van der Waals surface area contributed by atoms with Gasteiger partial charge in [0, 0.05) is 19.1 Å². The van der Waals surface area contributed by atoms with Gasteiger partial charge in [0.25, 0.3) is 0 Å². The smallest absolute Gasteiger partial charge is 0.328 e. The number of methoxy groups -OCH3 is 1. The first-order valence-electron chi connectivity index (χ1n) is 9.74. The zero-order valence-corrected chi connectivity index (χ0v) is 16.8. The number of aliphatic carboxylic acids is 1. The van der Waals surface area contributed by atoms with Gasteiger partial charge in [0.1, 0.15) is 0 Å². The van der Waals surface area contributed by atoms with Crippen LogP contribution in [0.4, 0.5) is 0 Å². The first-order chi connectivity index (χ1) is 12.1. The second kappa shape index (κ2) is 6.53. The van der Waals surface area contributed by atoms with Gasteiger partial charge in [0.05, 0.1) is 5.60 Å². The van der Waals surface area contributed by atoms with Gasteiger partial charge >= 0.3 is 5.97 Å². The Bertz CT molecular complexity index is 729. The van der Waals surface area contributed by atoms with Crippen molar-refractivity contribution in [2.45, 2.75) is 82.1 Å². The van der Waals surface area contributed by atoms with E-state index in [1.54, 1.807) is 13.2 Å². The van der Waals surface area contributed by atoms with Crippen LogP contribution >= 0.6 is 0 Å². The summed E-state index contributed by atoms with van der Waals surface area (Å²) in [7, 11) is 1.70. The number of carboxylic acids is 1. The van der Waals surface area contributed by atoms with Crippen LogP contribution in [0.2, 0.25) is 0 Å². The van der Waals surface area contributed by atoms with Gasteiger partial charge in [-0.15, -0.1) is 0 Å². The van der Waals surface area contributed by atoms with Crippen LogP contribution in [-0.2, 0) is 20.4 Å². The normalized spacial score (nSPS) is 29.7. The van der Waals surface area contributed by atoms with E-state index in [4.69, 9.17) is 9.84 Å². The first-order valence-corrected chi connectivity index (χ1v) is 9.74. The van der Waals surface area contributed by atoms with Crippen molar-refractivity contribution in [1.82, 2.24) is 0 Å². The van der Waals surface area contributed by atoms with E-state index >= 15 is 0 Å². The minimum atomic E-state index is -0.916. The Morgan fingerprint density at radius 1 is 1.12 bits per heavy atom. The molecule has 2 aliphatic carbocycles. The molecule has 1 aromatic rings. The highest BCUT2D eigenvalue weighted by atomic mass is 16.5. The lowest BCUT2D eigenvalue weighted by atomic mass is 9.62. The fourth-order valence-corrected chi connectivity index (χ4v) is 5.00. The fraction of sp³-hybridized carbons (Fsp3) is 0.609. The van der Waals surface area contributed by atoms with Crippen molar-refractivity contribution in [1.29, 1.82) is 0 Å². The minimum Gasteiger partial charge on any atom is -0.478 e. The Balaban J connectivity index is 2.06. The molecule has 3 heteroatoms. The topological polar surface area (TPSA) is 46.5 Å². The largest absolute Gasteiger partial charge is 0.478 e. The van der Waals surface area contributed by atoms with Crippen molar-refractivity contribution in [3.8, 4) is 0 Å². The summed E-state index contributed by atoms with van der Waals surface area (Å²) in [5, 5.41) is 9.08. The lowest BCUT2D eigenvalue weighted by Gasteiger charge is -2.42. The van der Waals surface area contributed by atoms with Crippen molar-refractivity contribution >= 4 is 5.97 Å². The van der Waals surface area contributed by atoms with Gasteiger partial charge in [0.15, 0.2) is 0 Å². The van der Waals surface area contributed by atoms with Crippen molar-refractivity contribution in [2.24, 2.45) is 0 Å². The predicted octanol–water partition coefficient (Wildman–Crippen LogP) is 5.33. The number of hydrogen-bond donors (Lipinski definition) is 1. The second-order valence-corrected chi connectivity index (χ2v) is 9.35. The van der Waals surface area contributed by atoms with E-state index in [1.807, 2.05) is 0 Å². The molecule has 0 heterocycles. The predicted molar refractivity (Wildman–Crippen MR) is 105 cm³/mol. The van der Waals surface area contributed by atoms with Crippen molar-refractivity contribution in [3.05, 3.63) is 47.0 Å². The summed E-state index contributed by atoms with van der Waals surface area (Å²) in [6.07, 6.45) is 8.35. The standard InChI is InChI=1S/C23H32O3/c1-21(2)13-14-22(3,4)19-15-16(8-9-18(19)21)17-7-6-11-23(17,26-5)12-10-20(24)25/h8-10,12,15,17H,6-7,11,13-14H2,1-5H3,(H,24,25)/b12-10+. The molecule has 26 heavy (non-hydrogen) atoms. The van der Waals surface area contributed by atoms with Crippen molar-refractivity contribution in [2.75, 3.05) is 7.11 Å². The molecule has 2 unspecified atom stereocenters. The lowest BCUT2D eigenvalue weighted by Crippen LogP contribution is -2.35. The fourth-order valence-electron chi connectivity index (χ4n) is 5.00. The molecule has 0 spiro atoms. The van der Waals surface area contributed by atoms with Crippen LogP contribution in [0.5, 0.6) is 0 Å². The molecule has 142 valence electrons. The van der Waals surface area contributed by atoms with Gasteiger partial charge in [-0.05, 0) is 65.7 Å². The highest BCUT2D eigenvalue weighted by Gasteiger charge is 2.43. The van der Waals surface area contributed by atoms with Crippen LogP contribution in [0.3, 0.4) is 0 Å². The number of ether oxygens (including phenoxy) is 1. The monoisotopic (exact) mass is 356 g/mol. The van der Waals surface area contributed by atoms with E-state index in [2.05, 4.69) is 45.9 Å². The number of carbonyl (C=O) groups is 1. The summed E-state index contributed by atoms with van der Waals surface area (Å²) in [6.45, 7) is 9.36. The number of carboxylic acid groups (broad SMARTS) is 1. The average Bonchev–Trinajstić information content (AvgIpc) is 3.01. The number of fused-ring (bicyclic) bond motifs is 1. The maximum atomic E-state index is 11.1. The maximum absolute atomic E-state index is 11.1. The molecule has 3 nitrogen and oxygen atoms in total. The van der Waals surface area contributed by atoms with Crippen LogP contribution in [-0.4, -0.2) is 23.8 Å². The van der Waals surface area contributed by atoms with Gasteiger partial charge < -0.3 is 9.84 Å². The van der Waals surface area contributed by atoms with E-state index < -0.39 is 11.6 Å². The highest BCUT2D eigenvalue weighted by Crippen LogP contribution is 2.50. The van der Waals surface area contributed by atoms with Crippen LogP contribution in [0.15, 0.2) is 30.4 Å². The van der Waals surface area contributed by atoms with Crippen molar-refractivity contribution < 1.29 is 14.6 Å². The average molecular weight is 357 g/mol. The third kappa shape index (κ3) is 3.22. The Labute approximate surface area is 157 Å². The quantitative estimate of drug-likeness (QED) is 0.742. The minimum absolute atomic E-state index is 0.173. The van der Waals surface area contributed by atoms with Gasteiger partial charge in [-0.1, -0.05) is 45.9 Å². The summed E-state index contributed by atoms with van der Waals surface area (Å²) in [5.41, 5.74) is 4.06. The zero-order chi connectivity index (χ0) is 19.2. The summed E-state index contributed by atoms with van der Waals surface area (Å²) < 4.78 is 5.90. The van der Waals surface area contributed by atoms with Crippen LogP contribution in [0.1, 0.15) is 82.4 Å². The van der Waals surface area contributed by atoms with Crippen molar-refractivity contribution in [3.63, 3.8) is 0 Å². The Hall–Kier alpha value is -1.61. The lowest BCUT2D eigenvalue weighted by molar-refractivity contribution is -0.131. The van der Waals surface area contributed by atoms with Gasteiger partial charge in [-0.25, -0.2) is 4.79 Å².